The van der Waals surface area contributed by atoms with Gasteiger partial charge in [-0.1, -0.05) is 23.7 Å². The third kappa shape index (κ3) is 3.93. The summed E-state index contributed by atoms with van der Waals surface area (Å²) < 4.78 is 0. The van der Waals surface area contributed by atoms with Crippen LogP contribution in [0.15, 0.2) is 24.3 Å². The van der Waals surface area contributed by atoms with Crippen molar-refractivity contribution in [1.82, 2.24) is 10.2 Å². The van der Waals surface area contributed by atoms with Gasteiger partial charge < -0.3 is 15.3 Å². The molecule has 19 heavy (non-hydrogen) atoms. The summed E-state index contributed by atoms with van der Waals surface area (Å²) >= 11 is 5.94. The molecule has 106 valence electrons. The number of hydrogen-bond acceptors (Lipinski definition) is 3. The minimum absolute atomic E-state index is 0.143. The van der Waals surface area contributed by atoms with E-state index in [1.54, 1.807) is 0 Å². The zero-order valence-corrected chi connectivity index (χ0v) is 12.5. The topological polar surface area (TPSA) is 35.5 Å². The Hall–Kier alpha value is -0.610. The molecule has 0 aliphatic heterocycles. The highest BCUT2D eigenvalue weighted by Gasteiger charge is 2.44. The molecule has 2 rings (SSSR count). The summed E-state index contributed by atoms with van der Waals surface area (Å²) in [5.41, 5.74) is 1.47. The Labute approximate surface area is 120 Å². The van der Waals surface area contributed by atoms with Crippen molar-refractivity contribution in [3.63, 3.8) is 0 Å². The molecule has 1 aromatic rings. The zero-order valence-electron chi connectivity index (χ0n) is 11.7. The smallest absolute Gasteiger partial charge is 0.0558 e. The summed E-state index contributed by atoms with van der Waals surface area (Å²) in [5.74, 6) is 0. The quantitative estimate of drug-likeness (QED) is 0.805. The first-order chi connectivity index (χ1) is 9.05. The van der Waals surface area contributed by atoms with Gasteiger partial charge in [0.25, 0.3) is 0 Å². The van der Waals surface area contributed by atoms with Crippen LogP contribution in [0.1, 0.15) is 25.3 Å². The second-order valence-corrected chi connectivity index (χ2v) is 6.06. The number of likely N-dealkylation sites (N-methyl/N-ethyl adjacent to an activating group) is 1. The van der Waals surface area contributed by atoms with Crippen molar-refractivity contribution in [1.29, 1.82) is 0 Å². The molecule has 1 unspecified atom stereocenters. The van der Waals surface area contributed by atoms with Crippen LogP contribution < -0.4 is 5.32 Å². The van der Waals surface area contributed by atoms with E-state index < -0.39 is 0 Å². The number of hydrogen-bond donors (Lipinski definition) is 2. The van der Waals surface area contributed by atoms with Crippen LogP contribution in [0.25, 0.3) is 0 Å². The molecule has 0 amide bonds. The number of aliphatic hydroxyl groups is 1. The molecule has 1 saturated carbocycles. The molecule has 2 N–H and O–H groups in total. The van der Waals surface area contributed by atoms with E-state index >= 15 is 0 Å². The number of halogens is 1. The summed E-state index contributed by atoms with van der Waals surface area (Å²) in [5, 5.41) is 13.4. The standard InChI is InChI=1S/C15H23ClN2O/c1-12(11-18(2)9-10-19)17-15(7-8-15)13-3-5-14(16)6-4-13/h3-6,12,17,19H,7-11H2,1-2H3. The number of nitrogens with one attached hydrogen (secondary N) is 1. The van der Waals surface area contributed by atoms with E-state index in [0.717, 1.165) is 18.1 Å². The maximum Gasteiger partial charge on any atom is 0.0558 e. The molecular formula is C15H23ClN2O. The number of nitrogens with zero attached hydrogens (tertiary/aromatic N) is 1. The summed E-state index contributed by atoms with van der Waals surface area (Å²) in [6, 6.07) is 8.55. The van der Waals surface area contributed by atoms with Gasteiger partial charge in [0.2, 0.25) is 0 Å². The Morgan fingerprint density at radius 1 is 1.37 bits per heavy atom. The fraction of sp³-hybridized carbons (Fsp3) is 0.600. The Kier molecular flexibility index (Phi) is 4.85. The molecule has 1 atom stereocenters. The van der Waals surface area contributed by atoms with E-state index in [4.69, 9.17) is 16.7 Å². The van der Waals surface area contributed by atoms with Crippen LogP contribution in [-0.2, 0) is 5.54 Å². The predicted molar refractivity (Wildman–Crippen MR) is 79.5 cm³/mol. The summed E-state index contributed by atoms with van der Waals surface area (Å²) in [6.07, 6.45) is 2.37. The van der Waals surface area contributed by atoms with Crippen molar-refractivity contribution in [2.75, 3.05) is 26.7 Å². The molecule has 0 radical (unpaired) electrons. The minimum atomic E-state index is 0.143. The Bertz CT molecular complexity index is 403. The molecule has 1 aromatic carbocycles. The second kappa shape index (κ2) is 6.23. The lowest BCUT2D eigenvalue weighted by Crippen LogP contribution is -2.43. The van der Waals surface area contributed by atoms with Gasteiger partial charge in [0.15, 0.2) is 0 Å². The van der Waals surface area contributed by atoms with Gasteiger partial charge in [-0.2, -0.15) is 0 Å². The predicted octanol–water partition coefficient (Wildman–Crippen LogP) is 2.23. The maximum absolute atomic E-state index is 8.92. The molecule has 1 aliphatic carbocycles. The van der Waals surface area contributed by atoms with Crippen LogP contribution in [-0.4, -0.2) is 42.8 Å². The molecule has 0 saturated heterocycles. The van der Waals surface area contributed by atoms with Gasteiger partial charge in [0.05, 0.1) is 6.61 Å². The number of aliphatic hydroxyl groups excluding tert-OH is 1. The Morgan fingerprint density at radius 2 is 2.00 bits per heavy atom. The van der Waals surface area contributed by atoms with Crippen LogP contribution in [0.3, 0.4) is 0 Å². The van der Waals surface area contributed by atoms with E-state index in [0.29, 0.717) is 6.04 Å². The average Bonchev–Trinajstić information content (AvgIpc) is 3.10. The van der Waals surface area contributed by atoms with Crippen LogP contribution >= 0.6 is 11.6 Å². The van der Waals surface area contributed by atoms with E-state index in [-0.39, 0.29) is 12.1 Å². The second-order valence-electron chi connectivity index (χ2n) is 5.62. The molecule has 1 aliphatic rings. The Morgan fingerprint density at radius 3 is 2.53 bits per heavy atom. The van der Waals surface area contributed by atoms with Gasteiger partial charge in [0.1, 0.15) is 0 Å². The molecule has 3 nitrogen and oxygen atoms in total. The van der Waals surface area contributed by atoms with Gasteiger partial charge in [-0.05, 0) is 44.5 Å². The monoisotopic (exact) mass is 282 g/mol. The lowest BCUT2D eigenvalue weighted by molar-refractivity contribution is 0.206. The molecule has 0 bridgehead atoms. The fourth-order valence-electron chi connectivity index (χ4n) is 2.66. The molecule has 0 heterocycles. The fourth-order valence-corrected chi connectivity index (χ4v) is 2.78. The highest BCUT2D eigenvalue weighted by atomic mass is 35.5. The highest BCUT2D eigenvalue weighted by Crippen LogP contribution is 2.46. The summed E-state index contributed by atoms with van der Waals surface area (Å²) in [6.45, 7) is 4.07. The third-order valence-electron chi connectivity index (χ3n) is 3.74. The van der Waals surface area contributed by atoms with E-state index in [2.05, 4.69) is 29.3 Å². The van der Waals surface area contributed by atoms with E-state index in [1.807, 2.05) is 19.2 Å². The molecule has 0 spiro atoms. The minimum Gasteiger partial charge on any atom is -0.395 e. The molecular weight excluding hydrogens is 260 g/mol. The van der Waals surface area contributed by atoms with Gasteiger partial charge >= 0.3 is 0 Å². The largest absolute Gasteiger partial charge is 0.395 e. The third-order valence-corrected chi connectivity index (χ3v) is 3.99. The number of benzene rings is 1. The first-order valence-corrected chi connectivity index (χ1v) is 7.27. The van der Waals surface area contributed by atoms with Crippen LogP contribution in [0.2, 0.25) is 5.02 Å². The van der Waals surface area contributed by atoms with Crippen LogP contribution in [0.5, 0.6) is 0 Å². The van der Waals surface area contributed by atoms with Gasteiger partial charge in [-0.3, -0.25) is 0 Å². The van der Waals surface area contributed by atoms with Crippen molar-refractivity contribution >= 4 is 11.6 Å². The van der Waals surface area contributed by atoms with E-state index in [9.17, 15) is 0 Å². The molecule has 0 aromatic heterocycles. The molecule has 1 fully saturated rings. The summed E-state index contributed by atoms with van der Waals surface area (Å²) in [4.78, 5) is 2.15. The van der Waals surface area contributed by atoms with Gasteiger partial charge in [-0.25, -0.2) is 0 Å². The van der Waals surface area contributed by atoms with Gasteiger partial charge in [0, 0.05) is 29.7 Å². The van der Waals surface area contributed by atoms with Crippen molar-refractivity contribution < 1.29 is 5.11 Å². The summed E-state index contributed by atoms with van der Waals surface area (Å²) in [7, 11) is 2.04. The first kappa shape index (κ1) is 14.8. The highest BCUT2D eigenvalue weighted by molar-refractivity contribution is 6.30. The van der Waals surface area contributed by atoms with Crippen molar-refractivity contribution in [3.8, 4) is 0 Å². The lowest BCUT2D eigenvalue weighted by Gasteiger charge is -2.27. The molecule has 4 heteroatoms. The van der Waals surface area contributed by atoms with Gasteiger partial charge in [-0.15, -0.1) is 0 Å². The SMILES string of the molecule is CC(CN(C)CCO)NC1(c2ccc(Cl)cc2)CC1. The van der Waals surface area contributed by atoms with Crippen molar-refractivity contribution in [3.05, 3.63) is 34.9 Å². The van der Waals surface area contributed by atoms with Crippen LogP contribution in [0.4, 0.5) is 0 Å². The average molecular weight is 283 g/mol. The maximum atomic E-state index is 8.92. The normalized spacial score (nSPS) is 18.6. The first-order valence-electron chi connectivity index (χ1n) is 6.89. The lowest BCUT2D eigenvalue weighted by atomic mass is 10.0. The van der Waals surface area contributed by atoms with Crippen molar-refractivity contribution in [2.24, 2.45) is 0 Å². The Balaban J connectivity index is 1.92. The van der Waals surface area contributed by atoms with Crippen LogP contribution in [0, 0.1) is 0 Å². The zero-order chi connectivity index (χ0) is 13.9. The number of rotatable bonds is 7. The van der Waals surface area contributed by atoms with Crippen molar-refractivity contribution in [2.45, 2.75) is 31.3 Å². The van der Waals surface area contributed by atoms with E-state index in [1.165, 1.54) is 18.4 Å².